The molecule has 0 N–H and O–H groups in total. The number of esters is 1. The lowest BCUT2D eigenvalue weighted by molar-refractivity contribution is -0.143. The van der Waals surface area contributed by atoms with Gasteiger partial charge in [0, 0.05) is 29.5 Å². The van der Waals surface area contributed by atoms with Gasteiger partial charge in [0.2, 0.25) is 0 Å². The van der Waals surface area contributed by atoms with Crippen molar-refractivity contribution in [3.63, 3.8) is 0 Å². The van der Waals surface area contributed by atoms with Gasteiger partial charge in [0.05, 0.1) is 6.61 Å². The average molecular weight is 398 g/mol. The van der Waals surface area contributed by atoms with Crippen molar-refractivity contribution in [2.24, 2.45) is 0 Å². The third-order valence-electron chi connectivity index (χ3n) is 4.54. The van der Waals surface area contributed by atoms with E-state index in [1.165, 1.54) is 12.1 Å². The summed E-state index contributed by atoms with van der Waals surface area (Å²) in [6.07, 6.45) is 1.35. The predicted molar refractivity (Wildman–Crippen MR) is 108 cm³/mol. The van der Waals surface area contributed by atoms with Crippen LogP contribution in [-0.2, 0) is 22.6 Å². The quantitative estimate of drug-likeness (QED) is 0.406. The van der Waals surface area contributed by atoms with E-state index in [9.17, 15) is 14.0 Å². The Morgan fingerprint density at radius 3 is 2.69 bits per heavy atom. The van der Waals surface area contributed by atoms with Crippen molar-refractivity contribution in [1.29, 1.82) is 0 Å². The van der Waals surface area contributed by atoms with E-state index < -0.39 is 5.63 Å². The molecule has 0 unspecified atom stereocenters. The molecular formula is C23H23FO5. The van der Waals surface area contributed by atoms with Crippen molar-refractivity contribution in [3.8, 4) is 5.75 Å². The van der Waals surface area contributed by atoms with Gasteiger partial charge in [0.1, 0.15) is 23.8 Å². The van der Waals surface area contributed by atoms with Crippen molar-refractivity contribution in [3.05, 3.63) is 75.4 Å². The van der Waals surface area contributed by atoms with Crippen molar-refractivity contribution in [1.82, 2.24) is 0 Å². The molecule has 0 saturated heterocycles. The molecule has 0 atom stereocenters. The lowest BCUT2D eigenvalue weighted by Gasteiger charge is -2.14. The molecule has 152 valence electrons. The number of rotatable bonds is 8. The number of carbonyl (C=O) groups excluding carboxylic acids is 1. The van der Waals surface area contributed by atoms with Crippen molar-refractivity contribution >= 4 is 16.9 Å². The fourth-order valence-corrected chi connectivity index (χ4v) is 3.02. The van der Waals surface area contributed by atoms with E-state index >= 15 is 0 Å². The lowest BCUT2D eigenvalue weighted by atomic mass is 10.0. The summed E-state index contributed by atoms with van der Waals surface area (Å²) in [4.78, 5) is 23.6. The van der Waals surface area contributed by atoms with Gasteiger partial charge in [0.25, 0.3) is 0 Å². The number of hydrogen-bond donors (Lipinski definition) is 0. The maximum absolute atomic E-state index is 13.9. The molecule has 0 radical (unpaired) electrons. The maximum Gasteiger partial charge on any atom is 0.336 e. The van der Waals surface area contributed by atoms with E-state index in [-0.39, 0.29) is 24.8 Å². The molecule has 3 aromatic rings. The van der Waals surface area contributed by atoms with Crippen LogP contribution >= 0.6 is 0 Å². The minimum absolute atomic E-state index is 0.0154. The van der Waals surface area contributed by atoms with Gasteiger partial charge in [-0.05, 0) is 43.0 Å². The number of hydrogen-bond acceptors (Lipinski definition) is 5. The Balaban J connectivity index is 1.90. The normalized spacial score (nSPS) is 10.9. The van der Waals surface area contributed by atoms with Gasteiger partial charge in [-0.25, -0.2) is 9.18 Å². The van der Waals surface area contributed by atoms with E-state index in [0.717, 1.165) is 22.9 Å². The summed E-state index contributed by atoms with van der Waals surface area (Å²) in [5.41, 5.74) is 1.87. The van der Waals surface area contributed by atoms with Gasteiger partial charge in [-0.3, -0.25) is 4.79 Å². The highest BCUT2D eigenvalue weighted by atomic mass is 19.1. The molecule has 0 fully saturated rings. The topological polar surface area (TPSA) is 65.7 Å². The molecule has 3 rings (SSSR count). The molecule has 0 spiro atoms. The summed E-state index contributed by atoms with van der Waals surface area (Å²) in [6, 6.07) is 11.2. The van der Waals surface area contributed by atoms with Crippen LogP contribution in [0.1, 0.15) is 36.5 Å². The van der Waals surface area contributed by atoms with Crippen LogP contribution in [0.2, 0.25) is 0 Å². The Kier molecular flexibility index (Phi) is 6.65. The first-order valence-corrected chi connectivity index (χ1v) is 9.57. The van der Waals surface area contributed by atoms with Gasteiger partial charge in [0.15, 0.2) is 0 Å². The fraction of sp³-hybridized carbons (Fsp3) is 0.304. The molecule has 0 aliphatic rings. The first-order valence-electron chi connectivity index (χ1n) is 9.57. The van der Waals surface area contributed by atoms with E-state index in [4.69, 9.17) is 13.9 Å². The second-order valence-electron chi connectivity index (χ2n) is 6.81. The fourth-order valence-electron chi connectivity index (χ4n) is 3.02. The second-order valence-corrected chi connectivity index (χ2v) is 6.81. The van der Waals surface area contributed by atoms with Gasteiger partial charge in [-0.2, -0.15) is 0 Å². The number of benzene rings is 2. The van der Waals surface area contributed by atoms with Crippen molar-refractivity contribution < 1.29 is 23.1 Å². The molecule has 2 aromatic carbocycles. The molecule has 0 bridgehead atoms. The van der Waals surface area contributed by atoms with Crippen LogP contribution in [0.15, 0.2) is 51.7 Å². The van der Waals surface area contributed by atoms with Crippen LogP contribution < -0.4 is 10.4 Å². The van der Waals surface area contributed by atoms with E-state index in [0.29, 0.717) is 29.9 Å². The highest BCUT2D eigenvalue weighted by Crippen LogP contribution is 2.29. The van der Waals surface area contributed by atoms with Gasteiger partial charge >= 0.3 is 11.6 Å². The minimum atomic E-state index is -0.453. The number of aryl methyl sites for hydroxylation is 2. The van der Waals surface area contributed by atoms with Gasteiger partial charge in [-0.15, -0.1) is 0 Å². The van der Waals surface area contributed by atoms with Crippen LogP contribution in [-0.4, -0.2) is 12.6 Å². The van der Waals surface area contributed by atoms with Crippen molar-refractivity contribution in [2.45, 2.75) is 39.7 Å². The molecule has 1 aromatic heterocycles. The maximum atomic E-state index is 13.9. The molecule has 0 amide bonds. The SMILES string of the molecule is CCCOC(=O)CCc1cc2c(C)cc(=O)oc2cc1OCc1ccccc1F. The molecule has 0 aliphatic heterocycles. The van der Waals surface area contributed by atoms with E-state index in [2.05, 4.69) is 0 Å². The van der Waals surface area contributed by atoms with Crippen LogP contribution in [0.5, 0.6) is 5.75 Å². The zero-order chi connectivity index (χ0) is 20.8. The number of carbonyl (C=O) groups is 1. The summed E-state index contributed by atoms with van der Waals surface area (Å²) in [5, 5.41) is 0.764. The van der Waals surface area contributed by atoms with E-state index in [1.54, 1.807) is 24.3 Å². The Morgan fingerprint density at radius 1 is 1.14 bits per heavy atom. The first kappa shape index (κ1) is 20.6. The average Bonchev–Trinajstić information content (AvgIpc) is 2.70. The van der Waals surface area contributed by atoms with Gasteiger partial charge < -0.3 is 13.9 Å². The highest BCUT2D eigenvalue weighted by molar-refractivity contribution is 5.83. The molecule has 5 nitrogen and oxygen atoms in total. The Labute approximate surface area is 168 Å². The van der Waals surface area contributed by atoms with Crippen LogP contribution in [0, 0.1) is 12.7 Å². The third kappa shape index (κ3) is 5.22. The summed E-state index contributed by atoms with van der Waals surface area (Å²) in [7, 11) is 0. The number of halogens is 1. The lowest BCUT2D eigenvalue weighted by Crippen LogP contribution is -2.08. The zero-order valence-corrected chi connectivity index (χ0v) is 16.5. The number of fused-ring (bicyclic) bond motifs is 1. The summed E-state index contributed by atoms with van der Waals surface area (Å²) >= 11 is 0. The second kappa shape index (κ2) is 9.37. The summed E-state index contributed by atoms with van der Waals surface area (Å²) in [5.74, 6) is -0.207. The zero-order valence-electron chi connectivity index (χ0n) is 16.5. The largest absolute Gasteiger partial charge is 0.488 e. The van der Waals surface area contributed by atoms with Crippen LogP contribution in [0.25, 0.3) is 11.0 Å². The standard InChI is InChI=1S/C23H23FO5/c1-3-10-27-22(25)9-8-16-12-18-15(2)11-23(26)29-21(18)13-20(16)28-14-17-6-4-5-7-19(17)24/h4-7,11-13H,3,8-10,14H2,1-2H3. The molecule has 29 heavy (non-hydrogen) atoms. The Bertz CT molecular complexity index is 1070. The molecule has 6 heteroatoms. The monoisotopic (exact) mass is 398 g/mol. The minimum Gasteiger partial charge on any atom is -0.488 e. The molecule has 0 saturated carbocycles. The Hall–Kier alpha value is -3.15. The molecular weight excluding hydrogens is 375 g/mol. The van der Waals surface area contributed by atoms with Crippen molar-refractivity contribution in [2.75, 3.05) is 6.61 Å². The smallest absolute Gasteiger partial charge is 0.336 e. The predicted octanol–water partition coefficient (Wildman–Crippen LogP) is 4.71. The van der Waals surface area contributed by atoms with Crippen LogP contribution in [0.3, 0.4) is 0 Å². The summed E-state index contributed by atoms with van der Waals surface area (Å²) in [6.45, 7) is 4.15. The van der Waals surface area contributed by atoms with Gasteiger partial charge in [-0.1, -0.05) is 25.1 Å². The third-order valence-corrected chi connectivity index (χ3v) is 4.54. The Morgan fingerprint density at radius 2 is 1.93 bits per heavy atom. The molecule has 0 aliphatic carbocycles. The molecule has 1 heterocycles. The van der Waals surface area contributed by atoms with Crippen LogP contribution in [0.4, 0.5) is 4.39 Å². The first-order chi connectivity index (χ1) is 14.0. The van der Waals surface area contributed by atoms with E-state index in [1.807, 2.05) is 19.9 Å². The highest BCUT2D eigenvalue weighted by Gasteiger charge is 2.14. The summed E-state index contributed by atoms with van der Waals surface area (Å²) < 4.78 is 30.2. The number of ether oxygens (including phenoxy) is 2.